The molecular formula is C14H18N4O2S. The molecule has 7 heteroatoms. The van der Waals surface area contributed by atoms with Crippen LogP contribution in [0.3, 0.4) is 0 Å². The van der Waals surface area contributed by atoms with Gasteiger partial charge in [-0.1, -0.05) is 12.2 Å². The van der Waals surface area contributed by atoms with Crippen molar-refractivity contribution >= 4 is 29.0 Å². The van der Waals surface area contributed by atoms with Crippen molar-refractivity contribution in [1.29, 1.82) is 0 Å². The Morgan fingerprint density at radius 3 is 2.57 bits per heavy atom. The molecule has 0 atom stereocenters. The number of nitrogens with zero attached hydrogens (tertiary/aromatic N) is 3. The highest BCUT2D eigenvalue weighted by atomic mass is 32.1. The van der Waals surface area contributed by atoms with E-state index in [2.05, 4.69) is 4.98 Å². The third-order valence-electron chi connectivity index (χ3n) is 3.72. The molecule has 1 saturated heterocycles. The Kier molecular flexibility index (Phi) is 3.95. The number of hydrogen-bond donors (Lipinski definition) is 1. The first-order chi connectivity index (χ1) is 9.75. The Morgan fingerprint density at radius 1 is 1.38 bits per heavy atom. The number of pyridine rings is 1. The zero-order valence-corrected chi connectivity index (χ0v) is 13.1. The number of aromatic nitrogens is 1. The molecule has 2 heterocycles. The van der Waals surface area contributed by atoms with E-state index in [4.69, 9.17) is 18.0 Å². The van der Waals surface area contributed by atoms with E-state index in [0.717, 1.165) is 0 Å². The fourth-order valence-electron chi connectivity index (χ4n) is 2.37. The second kappa shape index (κ2) is 5.40. The molecular weight excluding hydrogens is 288 g/mol. The first-order valence-electron chi connectivity index (χ1n) is 6.58. The zero-order valence-electron chi connectivity index (χ0n) is 12.3. The number of nitrogens with two attached hydrogens (primary N) is 1. The maximum absolute atomic E-state index is 12.6. The van der Waals surface area contributed by atoms with Crippen LogP contribution in [-0.4, -0.2) is 57.3 Å². The number of thiocarbonyl (C=S) groups is 1. The lowest BCUT2D eigenvalue weighted by atomic mass is 9.97. The Balaban J connectivity index is 2.27. The topological polar surface area (TPSA) is 79.5 Å². The van der Waals surface area contributed by atoms with Gasteiger partial charge in [0, 0.05) is 31.9 Å². The van der Waals surface area contributed by atoms with E-state index in [-0.39, 0.29) is 22.5 Å². The minimum absolute atomic E-state index is 0.0816. The van der Waals surface area contributed by atoms with Gasteiger partial charge in [-0.15, -0.1) is 0 Å². The summed E-state index contributed by atoms with van der Waals surface area (Å²) in [7, 11) is 1.74. The first kappa shape index (κ1) is 15.4. The Labute approximate surface area is 128 Å². The molecule has 1 aliphatic heterocycles. The quantitative estimate of drug-likeness (QED) is 0.801. The number of hydrogen-bond acceptors (Lipinski definition) is 4. The lowest BCUT2D eigenvalue weighted by Crippen LogP contribution is -2.63. The molecule has 0 spiro atoms. The summed E-state index contributed by atoms with van der Waals surface area (Å²) in [6.45, 7) is 4.48. The molecule has 0 unspecified atom stereocenters. The molecule has 0 radical (unpaired) electrons. The molecule has 112 valence electrons. The predicted molar refractivity (Wildman–Crippen MR) is 82.9 cm³/mol. The maximum atomic E-state index is 12.6. The third kappa shape index (κ3) is 2.73. The van der Waals surface area contributed by atoms with E-state index in [1.54, 1.807) is 42.8 Å². The highest BCUT2D eigenvalue weighted by molar-refractivity contribution is 7.80. The Hall–Kier alpha value is -2.02. The van der Waals surface area contributed by atoms with Crippen LogP contribution >= 0.6 is 12.2 Å². The van der Waals surface area contributed by atoms with Gasteiger partial charge in [0.2, 0.25) is 5.91 Å². The fraction of sp³-hybridized carbons (Fsp3) is 0.429. The monoisotopic (exact) mass is 306 g/mol. The summed E-state index contributed by atoms with van der Waals surface area (Å²) in [4.78, 5) is 32.3. The second-order valence-electron chi connectivity index (χ2n) is 5.54. The van der Waals surface area contributed by atoms with Gasteiger partial charge in [0.15, 0.2) is 0 Å². The van der Waals surface area contributed by atoms with Gasteiger partial charge < -0.3 is 15.5 Å². The van der Waals surface area contributed by atoms with Crippen molar-refractivity contribution in [2.75, 3.05) is 20.1 Å². The minimum Gasteiger partial charge on any atom is -0.389 e. The van der Waals surface area contributed by atoms with Gasteiger partial charge in [0.25, 0.3) is 5.91 Å². The summed E-state index contributed by atoms with van der Waals surface area (Å²) in [6.07, 6.45) is 1.47. The van der Waals surface area contributed by atoms with Gasteiger partial charge in [0.1, 0.15) is 16.2 Å². The van der Waals surface area contributed by atoms with Crippen LogP contribution < -0.4 is 5.73 Å². The van der Waals surface area contributed by atoms with E-state index in [1.807, 2.05) is 0 Å². The number of carbonyl (C=O) groups excluding carboxylic acids is 2. The van der Waals surface area contributed by atoms with Crippen LogP contribution in [0.4, 0.5) is 0 Å². The fourth-order valence-corrected chi connectivity index (χ4v) is 2.49. The van der Waals surface area contributed by atoms with Crippen molar-refractivity contribution < 1.29 is 9.59 Å². The zero-order chi connectivity index (χ0) is 15.8. The van der Waals surface area contributed by atoms with E-state index in [1.165, 1.54) is 6.20 Å². The molecule has 2 N–H and O–H groups in total. The van der Waals surface area contributed by atoms with E-state index in [0.29, 0.717) is 18.7 Å². The Morgan fingerprint density at radius 2 is 2.05 bits per heavy atom. The van der Waals surface area contributed by atoms with Crippen molar-refractivity contribution in [3.05, 3.63) is 29.6 Å². The minimum atomic E-state index is -0.881. The van der Waals surface area contributed by atoms with Crippen LogP contribution in [0.15, 0.2) is 18.3 Å². The molecule has 0 bridgehead atoms. The third-order valence-corrected chi connectivity index (χ3v) is 3.95. The summed E-state index contributed by atoms with van der Waals surface area (Å²) in [6, 6.07) is 3.24. The van der Waals surface area contributed by atoms with Crippen LogP contribution in [-0.2, 0) is 4.79 Å². The number of likely N-dealkylation sites (N-methyl/N-ethyl adjacent to an activating group) is 1. The van der Waals surface area contributed by atoms with Crippen molar-refractivity contribution in [2.45, 2.75) is 19.4 Å². The molecule has 6 nitrogen and oxygen atoms in total. The summed E-state index contributed by atoms with van der Waals surface area (Å²) >= 11 is 4.85. The molecule has 0 saturated carbocycles. The van der Waals surface area contributed by atoms with E-state index >= 15 is 0 Å². The van der Waals surface area contributed by atoms with Crippen molar-refractivity contribution in [3.8, 4) is 0 Å². The molecule has 0 aromatic carbocycles. The normalized spacial score (nSPS) is 17.8. The molecule has 21 heavy (non-hydrogen) atoms. The van der Waals surface area contributed by atoms with Gasteiger partial charge in [-0.2, -0.15) is 0 Å². The first-order valence-corrected chi connectivity index (χ1v) is 6.99. The SMILES string of the molecule is CN1CCN(C(=O)c2ccc(C(N)=S)cn2)C(C)(C)C1=O. The average molecular weight is 306 g/mol. The number of piperazine rings is 1. The standard InChI is InChI=1S/C14H18N4O2S/c1-14(2)13(20)17(3)6-7-18(14)12(19)10-5-4-9(8-16-10)11(15)21/h4-5,8H,6-7H2,1-3H3,(H2,15,21). The van der Waals surface area contributed by atoms with Crippen LogP contribution in [0, 0.1) is 0 Å². The molecule has 1 aromatic heterocycles. The van der Waals surface area contributed by atoms with Crippen molar-refractivity contribution in [2.24, 2.45) is 5.73 Å². The van der Waals surface area contributed by atoms with Gasteiger partial charge in [-0.05, 0) is 26.0 Å². The summed E-state index contributed by atoms with van der Waals surface area (Å²) < 4.78 is 0. The maximum Gasteiger partial charge on any atom is 0.273 e. The largest absolute Gasteiger partial charge is 0.389 e. The average Bonchev–Trinajstić information content (AvgIpc) is 2.44. The van der Waals surface area contributed by atoms with E-state index < -0.39 is 5.54 Å². The van der Waals surface area contributed by atoms with Gasteiger partial charge in [-0.25, -0.2) is 0 Å². The van der Waals surface area contributed by atoms with Gasteiger partial charge >= 0.3 is 0 Å². The van der Waals surface area contributed by atoms with Crippen LogP contribution in [0.2, 0.25) is 0 Å². The van der Waals surface area contributed by atoms with Crippen molar-refractivity contribution in [3.63, 3.8) is 0 Å². The number of carbonyl (C=O) groups is 2. The predicted octanol–water partition coefficient (Wildman–Crippen LogP) is 0.409. The summed E-state index contributed by atoms with van der Waals surface area (Å²) in [5, 5.41) is 0. The lowest BCUT2D eigenvalue weighted by molar-refractivity contribution is -0.144. The molecule has 2 rings (SSSR count). The van der Waals surface area contributed by atoms with Gasteiger partial charge in [-0.3, -0.25) is 14.6 Å². The Bertz CT molecular complexity index is 597. The van der Waals surface area contributed by atoms with E-state index in [9.17, 15) is 9.59 Å². The second-order valence-corrected chi connectivity index (χ2v) is 5.98. The highest BCUT2D eigenvalue weighted by Crippen LogP contribution is 2.23. The van der Waals surface area contributed by atoms with Gasteiger partial charge in [0.05, 0.1) is 0 Å². The molecule has 1 aliphatic rings. The van der Waals surface area contributed by atoms with Crippen LogP contribution in [0.5, 0.6) is 0 Å². The molecule has 2 amide bonds. The smallest absolute Gasteiger partial charge is 0.273 e. The van der Waals surface area contributed by atoms with Crippen LogP contribution in [0.1, 0.15) is 29.9 Å². The number of rotatable bonds is 2. The van der Waals surface area contributed by atoms with Crippen molar-refractivity contribution in [1.82, 2.24) is 14.8 Å². The number of amides is 2. The summed E-state index contributed by atoms with van der Waals surface area (Å²) in [5.41, 5.74) is 5.51. The molecule has 0 aliphatic carbocycles. The highest BCUT2D eigenvalue weighted by Gasteiger charge is 2.43. The molecule has 1 aromatic rings. The lowest BCUT2D eigenvalue weighted by Gasteiger charge is -2.44. The summed E-state index contributed by atoms with van der Waals surface area (Å²) in [5.74, 6) is -0.349. The molecule has 1 fully saturated rings. The van der Waals surface area contributed by atoms with Crippen LogP contribution in [0.25, 0.3) is 0 Å².